The van der Waals surface area contributed by atoms with Crippen LogP contribution in [-0.2, 0) is 6.54 Å². The number of carboxylic acid groups (broad SMARTS) is 1. The van der Waals surface area contributed by atoms with Crippen LogP contribution in [0.4, 0.5) is 0 Å². The van der Waals surface area contributed by atoms with Crippen molar-refractivity contribution in [2.75, 3.05) is 26.2 Å². The Bertz CT molecular complexity index is 755. The normalized spacial score (nSPS) is 15.0. The smallest absolute Gasteiger partial charge is 0.346 e. The van der Waals surface area contributed by atoms with Crippen molar-refractivity contribution < 1.29 is 9.90 Å². The summed E-state index contributed by atoms with van der Waals surface area (Å²) in [4.78, 5) is 33.4. The predicted octanol–water partition coefficient (Wildman–Crippen LogP) is 1.24. The molecule has 1 saturated heterocycles. The maximum atomic E-state index is 12.2. The van der Waals surface area contributed by atoms with Gasteiger partial charge in [-0.05, 0) is 12.5 Å². The molecule has 2 aromatic heterocycles. The summed E-state index contributed by atoms with van der Waals surface area (Å²) in [5, 5.41) is 12.8. The van der Waals surface area contributed by atoms with Crippen LogP contribution in [0.2, 0.25) is 0 Å². The average molecular weight is 381 g/mol. The number of halogens is 2. The molecule has 23 heavy (non-hydrogen) atoms. The zero-order valence-corrected chi connectivity index (χ0v) is 14.9. The Kier molecular flexibility index (Phi) is 6.97. The zero-order chi connectivity index (χ0) is 15.0. The van der Waals surface area contributed by atoms with Gasteiger partial charge in [0.15, 0.2) is 0 Å². The molecule has 0 unspecified atom stereocenters. The molecule has 0 bridgehead atoms. The zero-order valence-electron chi connectivity index (χ0n) is 12.4. The highest BCUT2D eigenvalue weighted by atomic mass is 35.5. The Morgan fingerprint density at radius 2 is 2.00 bits per heavy atom. The van der Waals surface area contributed by atoms with Crippen molar-refractivity contribution in [2.45, 2.75) is 13.5 Å². The lowest BCUT2D eigenvalue weighted by Crippen LogP contribution is -2.43. The first-order valence-corrected chi connectivity index (χ1v) is 7.56. The second kappa shape index (κ2) is 8.07. The lowest BCUT2D eigenvalue weighted by atomic mass is 10.2. The lowest BCUT2D eigenvalue weighted by Gasteiger charge is -2.26. The number of piperazine rings is 1. The van der Waals surface area contributed by atoms with Gasteiger partial charge in [0.05, 0.1) is 11.9 Å². The minimum atomic E-state index is -1.02. The molecule has 0 aromatic carbocycles. The van der Waals surface area contributed by atoms with E-state index in [1.165, 1.54) is 0 Å². The van der Waals surface area contributed by atoms with Crippen LogP contribution >= 0.6 is 36.2 Å². The van der Waals surface area contributed by atoms with E-state index in [2.05, 4.69) is 20.2 Å². The molecule has 1 aliphatic rings. The number of aromatic amines is 1. The van der Waals surface area contributed by atoms with Gasteiger partial charge in [0.2, 0.25) is 0 Å². The second-order valence-corrected chi connectivity index (χ2v) is 6.08. The summed E-state index contributed by atoms with van der Waals surface area (Å²) in [5.41, 5.74) is 0.233. The number of aryl methyl sites for hydroxylation is 1. The average Bonchev–Trinajstić information content (AvgIpc) is 2.77. The SMILES string of the molecule is Cc1c(C(=O)O)sc2nc(CN3CCNCC3)[nH]c(=O)c12.Cl.Cl. The Labute approximate surface area is 148 Å². The second-order valence-electron chi connectivity index (χ2n) is 5.08. The maximum absolute atomic E-state index is 12.2. The number of hydrogen-bond acceptors (Lipinski definition) is 6. The van der Waals surface area contributed by atoms with Crippen LogP contribution in [0.3, 0.4) is 0 Å². The fourth-order valence-corrected chi connectivity index (χ4v) is 3.59. The van der Waals surface area contributed by atoms with E-state index in [1.807, 2.05) is 0 Å². The molecule has 3 rings (SSSR count). The molecule has 0 spiro atoms. The van der Waals surface area contributed by atoms with Crippen LogP contribution in [0.1, 0.15) is 21.1 Å². The summed E-state index contributed by atoms with van der Waals surface area (Å²) < 4.78 is 0. The van der Waals surface area contributed by atoms with Crippen LogP contribution in [-0.4, -0.2) is 52.1 Å². The van der Waals surface area contributed by atoms with Crippen LogP contribution in [0.25, 0.3) is 10.2 Å². The third kappa shape index (κ3) is 4.02. The van der Waals surface area contributed by atoms with Crippen molar-refractivity contribution in [3.05, 3.63) is 26.6 Å². The summed E-state index contributed by atoms with van der Waals surface area (Å²) in [6.07, 6.45) is 0. The Morgan fingerprint density at radius 1 is 1.35 bits per heavy atom. The van der Waals surface area contributed by atoms with Gasteiger partial charge in [-0.2, -0.15) is 0 Å². The van der Waals surface area contributed by atoms with E-state index in [0.29, 0.717) is 28.1 Å². The topological polar surface area (TPSA) is 98.3 Å². The van der Waals surface area contributed by atoms with Gasteiger partial charge in [0, 0.05) is 26.2 Å². The van der Waals surface area contributed by atoms with Crippen molar-refractivity contribution in [3.63, 3.8) is 0 Å². The number of thiophene rings is 1. The van der Waals surface area contributed by atoms with Crippen LogP contribution in [0.5, 0.6) is 0 Å². The Morgan fingerprint density at radius 3 is 2.61 bits per heavy atom. The molecule has 1 aliphatic heterocycles. The van der Waals surface area contributed by atoms with Gasteiger partial charge in [-0.1, -0.05) is 0 Å². The van der Waals surface area contributed by atoms with Crippen molar-refractivity contribution in [2.24, 2.45) is 0 Å². The monoisotopic (exact) mass is 380 g/mol. The molecule has 0 amide bonds. The molecule has 10 heteroatoms. The van der Waals surface area contributed by atoms with Crippen molar-refractivity contribution >= 4 is 52.3 Å². The first kappa shape index (κ1) is 19.9. The highest BCUT2D eigenvalue weighted by Crippen LogP contribution is 2.26. The third-order valence-electron chi connectivity index (χ3n) is 3.63. The molecular weight excluding hydrogens is 363 g/mol. The molecule has 128 valence electrons. The van der Waals surface area contributed by atoms with Gasteiger partial charge >= 0.3 is 5.97 Å². The number of H-pyrrole nitrogens is 1. The van der Waals surface area contributed by atoms with E-state index in [9.17, 15) is 9.59 Å². The van der Waals surface area contributed by atoms with E-state index in [1.54, 1.807) is 6.92 Å². The first-order valence-electron chi connectivity index (χ1n) is 6.75. The molecule has 3 N–H and O–H groups in total. The van der Waals surface area contributed by atoms with Crippen molar-refractivity contribution in [1.29, 1.82) is 0 Å². The number of aromatic carboxylic acids is 1. The van der Waals surface area contributed by atoms with Gasteiger partial charge in [0.1, 0.15) is 15.5 Å². The van der Waals surface area contributed by atoms with Crippen LogP contribution < -0.4 is 10.9 Å². The number of hydrogen-bond donors (Lipinski definition) is 3. The van der Waals surface area contributed by atoms with E-state index in [4.69, 9.17) is 5.11 Å². The fourth-order valence-electron chi connectivity index (χ4n) is 2.55. The molecule has 0 radical (unpaired) electrons. The summed E-state index contributed by atoms with van der Waals surface area (Å²) in [7, 11) is 0. The van der Waals surface area contributed by atoms with Gasteiger partial charge < -0.3 is 15.4 Å². The van der Waals surface area contributed by atoms with Gasteiger partial charge in [-0.15, -0.1) is 36.2 Å². The standard InChI is InChI=1S/C13H16N4O3S.2ClH/c1-7-9-11(18)15-8(6-17-4-2-14-3-5-17)16-12(9)21-10(7)13(19)20;;/h14H,2-6H2,1H3,(H,19,20)(H,15,16,18);2*1H. The summed E-state index contributed by atoms with van der Waals surface area (Å²) in [6.45, 7) is 5.89. The lowest BCUT2D eigenvalue weighted by molar-refractivity contribution is 0.0701. The summed E-state index contributed by atoms with van der Waals surface area (Å²) in [6, 6.07) is 0. The third-order valence-corrected chi connectivity index (χ3v) is 4.80. The number of fused-ring (bicyclic) bond motifs is 1. The van der Waals surface area contributed by atoms with Crippen molar-refractivity contribution in [1.82, 2.24) is 20.2 Å². The maximum Gasteiger partial charge on any atom is 0.346 e. The van der Waals surface area contributed by atoms with E-state index in [-0.39, 0.29) is 35.3 Å². The first-order chi connectivity index (χ1) is 10.1. The highest BCUT2D eigenvalue weighted by Gasteiger charge is 2.19. The van der Waals surface area contributed by atoms with Gasteiger partial charge in [-0.25, -0.2) is 9.78 Å². The largest absolute Gasteiger partial charge is 0.477 e. The van der Waals surface area contributed by atoms with Crippen LogP contribution in [0.15, 0.2) is 4.79 Å². The van der Waals surface area contributed by atoms with Crippen LogP contribution in [0, 0.1) is 6.92 Å². The molecule has 0 atom stereocenters. The van der Waals surface area contributed by atoms with Gasteiger partial charge in [-0.3, -0.25) is 9.69 Å². The number of rotatable bonds is 3. The number of carbonyl (C=O) groups is 1. The molecule has 2 aromatic rings. The number of nitrogens with one attached hydrogen (secondary N) is 2. The fraction of sp³-hybridized carbons (Fsp3) is 0.462. The number of nitrogens with zero attached hydrogens (tertiary/aromatic N) is 2. The van der Waals surface area contributed by atoms with E-state index >= 15 is 0 Å². The number of carboxylic acids is 1. The predicted molar refractivity (Wildman–Crippen MR) is 94.6 cm³/mol. The Balaban J connectivity index is 0.00000132. The van der Waals surface area contributed by atoms with E-state index in [0.717, 1.165) is 37.5 Å². The summed E-state index contributed by atoms with van der Waals surface area (Å²) >= 11 is 1.06. The molecule has 0 aliphatic carbocycles. The van der Waals surface area contributed by atoms with Crippen molar-refractivity contribution in [3.8, 4) is 0 Å². The molecule has 3 heterocycles. The minimum Gasteiger partial charge on any atom is -0.477 e. The molecule has 1 fully saturated rings. The molecule has 7 nitrogen and oxygen atoms in total. The quantitative estimate of drug-likeness (QED) is 0.740. The Hall–Kier alpha value is -1.19. The molecule has 0 saturated carbocycles. The van der Waals surface area contributed by atoms with E-state index < -0.39 is 5.97 Å². The molecular formula is C13H18Cl2N4O3S. The number of aromatic nitrogens is 2. The highest BCUT2D eigenvalue weighted by molar-refractivity contribution is 7.20. The van der Waals surface area contributed by atoms with Gasteiger partial charge in [0.25, 0.3) is 5.56 Å². The summed E-state index contributed by atoms with van der Waals surface area (Å²) in [5.74, 6) is -0.425. The minimum absolute atomic E-state index is 0.